The third-order valence-corrected chi connectivity index (χ3v) is 4.06. The van der Waals surface area contributed by atoms with E-state index in [2.05, 4.69) is 31.0 Å². The Morgan fingerprint density at radius 1 is 1.17 bits per heavy atom. The van der Waals surface area contributed by atoms with Crippen LogP contribution in [0, 0.1) is 0 Å². The van der Waals surface area contributed by atoms with E-state index >= 15 is 0 Å². The van der Waals surface area contributed by atoms with E-state index in [0.29, 0.717) is 25.5 Å². The van der Waals surface area contributed by atoms with Crippen LogP contribution in [0.3, 0.4) is 0 Å². The van der Waals surface area contributed by atoms with Crippen LogP contribution in [0.4, 0.5) is 5.69 Å². The molecule has 5 nitrogen and oxygen atoms in total. The number of carbonyl (C=O) groups excluding carboxylic acids is 1. The fourth-order valence-corrected chi connectivity index (χ4v) is 2.67. The summed E-state index contributed by atoms with van der Waals surface area (Å²) in [6.45, 7) is 9.46. The number of unbranched alkanes of at least 4 members (excludes halogenated alkanes) is 1. The molecule has 0 unspecified atom stereocenters. The van der Waals surface area contributed by atoms with Crippen LogP contribution in [-0.4, -0.2) is 43.7 Å². The predicted molar refractivity (Wildman–Crippen MR) is 92.5 cm³/mol. The number of anilines is 1. The van der Waals surface area contributed by atoms with Crippen molar-refractivity contribution in [3.8, 4) is 11.5 Å². The van der Waals surface area contributed by atoms with Gasteiger partial charge < -0.3 is 14.8 Å². The molecule has 5 heteroatoms. The van der Waals surface area contributed by atoms with Crippen LogP contribution in [0.25, 0.3) is 0 Å². The van der Waals surface area contributed by atoms with E-state index in [9.17, 15) is 4.79 Å². The molecule has 1 heterocycles. The van der Waals surface area contributed by atoms with Crippen molar-refractivity contribution in [3.05, 3.63) is 17.7 Å². The highest BCUT2D eigenvalue weighted by Gasteiger charge is 2.19. The zero-order valence-electron chi connectivity index (χ0n) is 14.5. The van der Waals surface area contributed by atoms with E-state index in [4.69, 9.17) is 9.47 Å². The molecule has 0 fully saturated rings. The second-order valence-corrected chi connectivity index (χ2v) is 5.78. The third-order valence-electron chi connectivity index (χ3n) is 4.06. The average molecular weight is 320 g/mol. The lowest BCUT2D eigenvalue weighted by molar-refractivity contribution is -0.117. The minimum atomic E-state index is -0.0160. The fraction of sp³-hybridized carbons (Fsp3) is 0.611. The van der Waals surface area contributed by atoms with Gasteiger partial charge in [-0.3, -0.25) is 9.69 Å². The first-order valence-electron chi connectivity index (χ1n) is 8.62. The summed E-state index contributed by atoms with van der Waals surface area (Å²) in [6.07, 6.45) is 3.23. The summed E-state index contributed by atoms with van der Waals surface area (Å²) < 4.78 is 11.4. The smallest absolute Gasteiger partial charge is 0.238 e. The summed E-state index contributed by atoms with van der Waals surface area (Å²) in [4.78, 5) is 14.4. The molecule has 23 heavy (non-hydrogen) atoms. The summed E-state index contributed by atoms with van der Waals surface area (Å²) in [5, 5.41) is 3.00. The van der Waals surface area contributed by atoms with Gasteiger partial charge >= 0.3 is 0 Å². The van der Waals surface area contributed by atoms with Crippen LogP contribution >= 0.6 is 0 Å². The summed E-state index contributed by atoms with van der Waals surface area (Å²) in [6, 6.07) is 4.05. The Kier molecular flexibility index (Phi) is 6.71. The number of nitrogens with zero attached hydrogens (tertiary/aromatic N) is 1. The molecule has 1 amide bonds. The maximum absolute atomic E-state index is 12.3. The quantitative estimate of drug-likeness (QED) is 0.800. The van der Waals surface area contributed by atoms with Crippen LogP contribution in [0.5, 0.6) is 11.5 Å². The standard InChI is InChI=1S/C18H28N2O3/c1-4-7-8-14-11-15(18-16(12-14)22-9-10-23-18)19-17(21)13-20(5-2)6-3/h11-12H,4-10,13H2,1-3H3,(H,19,21). The number of rotatable bonds is 8. The molecular weight excluding hydrogens is 292 g/mol. The summed E-state index contributed by atoms with van der Waals surface area (Å²) in [7, 11) is 0. The minimum absolute atomic E-state index is 0.0160. The van der Waals surface area contributed by atoms with Crippen molar-refractivity contribution in [1.29, 1.82) is 0 Å². The lowest BCUT2D eigenvalue weighted by atomic mass is 10.1. The molecule has 0 saturated heterocycles. The van der Waals surface area contributed by atoms with E-state index in [1.165, 1.54) is 5.56 Å². The van der Waals surface area contributed by atoms with Gasteiger partial charge in [-0.15, -0.1) is 0 Å². The fourth-order valence-electron chi connectivity index (χ4n) is 2.67. The molecule has 2 rings (SSSR count). The third kappa shape index (κ3) is 4.86. The first-order chi connectivity index (χ1) is 11.2. The molecule has 1 N–H and O–H groups in total. The molecule has 0 aromatic heterocycles. The molecule has 0 bridgehead atoms. The topological polar surface area (TPSA) is 50.8 Å². The van der Waals surface area contributed by atoms with Gasteiger partial charge in [-0.1, -0.05) is 27.2 Å². The molecule has 0 spiro atoms. The zero-order chi connectivity index (χ0) is 16.7. The lowest BCUT2D eigenvalue weighted by Gasteiger charge is -2.23. The van der Waals surface area contributed by atoms with E-state index in [1.807, 2.05) is 12.1 Å². The van der Waals surface area contributed by atoms with Crippen LogP contribution in [0.15, 0.2) is 12.1 Å². The molecule has 0 aliphatic carbocycles. The van der Waals surface area contributed by atoms with Gasteiger partial charge in [-0.25, -0.2) is 0 Å². The Bertz CT molecular complexity index is 527. The molecule has 0 atom stereocenters. The van der Waals surface area contributed by atoms with Crippen molar-refractivity contribution >= 4 is 11.6 Å². The number of aryl methyl sites for hydroxylation is 1. The first kappa shape index (κ1) is 17.6. The average Bonchev–Trinajstić information content (AvgIpc) is 2.57. The molecule has 1 aliphatic heterocycles. The summed E-state index contributed by atoms with van der Waals surface area (Å²) in [5.41, 5.74) is 1.90. The zero-order valence-corrected chi connectivity index (χ0v) is 14.5. The highest BCUT2D eigenvalue weighted by atomic mass is 16.6. The number of fused-ring (bicyclic) bond motifs is 1. The van der Waals surface area contributed by atoms with Crippen molar-refractivity contribution < 1.29 is 14.3 Å². The number of hydrogen-bond donors (Lipinski definition) is 1. The maximum atomic E-state index is 12.3. The SMILES string of the molecule is CCCCc1cc(NC(=O)CN(CC)CC)c2c(c1)OCCO2. The Morgan fingerprint density at radius 3 is 2.61 bits per heavy atom. The summed E-state index contributed by atoms with van der Waals surface area (Å²) >= 11 is 0. The molecule has 1 aromatic carbocycles. The van der Waals surface area contributed by atoms with Gasteiger partial charge in [0.1, 0.15) is 13.2 Å². The van der Waals surface area contributed by atoms with E-state index in [0.717, 1.165) is 43.8 Å². The first-order valence-corrected chi connectivity index (χ1v) is 8.62. The van der Waals surface area contributed by atoms with Gasteiger partial charge in [0.05, 0.1) is 12.2 Å². The van der Waals surface area contributed by atoms with Crippen LogP contribution in [0.1, 0.15) is 39.2 Å². The van der Waals surface area contributed by atoms with E-state index < -0.39 is 0 Å². The largest absolute Gasteiger partial charge is 0.486 e. The molecule has 128 valence electrons. The normalized spacial score (nSPS) is 13.2. The number of ether oxygens (including phenoxy) is 2. The van der Waals surface area contributed by atoms with Crippen molar-refractivity contribution in [2.24, 2.45) is 0 Å². The highest BCUT2D eigenvalue weighted by molar-refractivity contribution is 5.94. The second-order valence-electron chi connectivity index (χ2n) is 5.78. The Balaban J connectivity index is 2.16. The van der Waals surface area contributed by atoms with Crippen molar-refractivity contribution in [2.75, 3.05) is 38.2 Å². The lowest BCUT2D eigenvalue weighted by Crippen LogP contribution is -2.33. The predicted octanol–water partition coefficient (Wildman–Crippen LogP) is 3.08. The maximum Gasteiger partial charge on any atom is 0.238 e. The van der Waals surface area contributed by atoms with Crippen LogP contribution in [-0.2, 0) is 11.2 Å². The number of amides is 1. The Morgan fingerprint density at radius 2 is 1.91 bits per heavy atom. The van der Waals surface area contributed by atoms with E-state index in [1.54, 1.807) is 0 Å². The summed E-state index contributed by atoms with van der Waals surface area (Å²) in [5.74, 6) is 1.38. The number of nitrogens with one attached hydrogen (secondary N) is 1. The van der Waals surface area contributed by atoms with Gasteiger partial charge in [-0.05, 0) is 43.6 Å². The number of carbonyl (C=O) groups is 1. The Hall–Kier alpha value is -1.75. The van der Waals surface area contributed by atoms with Crippen molar-refractivity contribution in [2.45, 2.75) is 40.0 Å². The minimum Gasteiger partial charge on any atom is -0.486 e. The number of likely N-dealkylation sites (N-methyl/N-ethyl adjacent to an activating group) is 1. The monoisotopic (exact) mass is 320 g/mol. The van der Waals surface area contributed by atoms with Crippen molar-refractivity contribution in [3.63, 3.8) is 0 Å². The van der Waals surface area contributed by atoms with Gasteiger partial charge in [0.15, 0.2) is 11.5 Å². The van der Waals surface area contributed by atoms with Crippen LogP contribution < -0.4 is 14.8 Å². The molecule has 1 aliphatic rings. The number of benzene rings is 1. The second kappa shape index (κ2) is 8.77. The molecule has 1 aromatic rings. The van der Waals surface area contributed by atoms with E-state index in [-0.39, 0.29) is 5.91 Å². The number of hydrogen-bond acceptors (Lipinski definition) is 4. The van der Waals surface area contributed by atoms with Crippen molar-refractivity contribution in [1.82, 2.24) is 4.90 Å². The molecule has 0 radical (unpaired) electrons. The molecule has 0 saturated carbocycles. The van der Waals surface area contributed by atoms with Gasteiger partial charge in [0.25, 0.3) is 0 Å². The Labute approximate surface area is 139 Å². The highest BCUT2D eigenvalue weighted by Crippen LogP contribution is 2.39. The van der Waals surface area contributed by atoms with Crippen LogP contribution in [0.2, 0.25) is 0 Å². The van der Waals surface area contributed by atoms with Gasteiger partial charge in [0.2, 0.25) is 5.91 Å². The van der Waals surface area contributed by atoms with Gasteiger partial charge in [-0.2, -0.15) is 0 Å². The van der Waals surface area contributed by atoms with Gasteiger partial charge in [0, 0.05) is 0 Å². The molecular formula is C18H28N2O3.